The SMILES string of the molecule is CCNCc1ccc(N(CC)c2ccccc2C)c(F)c1. The van der Waals surface area contributed by atoms with E-state index in [1.54, 1.807) is 6.07 Å². The lowest BCUT2D eigenvalue weighted by atomic mass is 10.1. The molecule has 0 aliphatic rings. The number of rotatable bonds is 6. The molecule has 112 valence electrons. The minimum Gasteiger partial charge on any atom is -0.339 e. The Bertz CT molecular complexity index is 596. The van der Waals surface area contributed by atoms with Crippen molar-refractivity contribution in [3.8, 4) is 0 Å². The highest BCUT2D eigenvalue weighted by Gasteiger charge is 2.14. The number of para-hydroxylation sites is 1. The summed E-state index contributed by atoms with van der Waals surface area (Å²) in [5.41, 5.74) is 3.81. The monoisotopic (exact) mass is 286 g/mol. The molecule has 0 saturated carbocycles. The van der Waals surface area contributed by atoms with Crippen LogP contribution in [0, 0.1) is 12.7 Å². The molecule has 3 heteroatoms. The first-order valence-corrected chi connectivity index (χ1v) is 7.49. The van der Waals surface area contributed by atoms with E-state index in [2.05, 4.69) is 18.3 Å². The van der Waals surface area contributed by atoms with Gasteiger partial charge < -0.3 is 10.2 Å². The molecule has 0 unspecified atom stereocenters. The number of aryl methyl sites for hydroxylation is 1. The van der Waals surface area contributed by atoms with E-state index in [9.17, 15) is 4.39 Å². The van der Waals surface area contributed by atoms with Crippen molar-refractivity contribution < 1.29 is 4.39 Å². The Morgan fingerprint density at radius 2 is 1.81 bits per heavy atom. The van der Waals surface area contributed by atoms with Crippen LogP contribution in [0.4, 0.5) is 15.8 Å². The van der Waals surface area contributed by atoms with Crippen molar-refractivity contribution in [1.82, 2.24) is 5.32 Å². The molecule has 0 amide bonds. The Morgan fingerprint density at radius 3 is 2.43 bits per heavy atom. The molecule has 0 saturated heterocycles. The quantitative estimate of drug-likeness (QED) is 0.846. The Balaban J connectivity index is 2.33. The fraction of sp³-hybridized carbons (Fsp3) is 0.333. The molecular weight excluding hydrogens is 263 g/mol. The van der Waals surface area contributed by atoms with E-state index < -0.39 is 0 Å². The third-order valence-corrected chi connectivity index (χ3v) is 3.60. The van der Waals surface area contributed by atoms with Gasteiger partial charge in [0.2, 0.25) is 0 Å². The number of nitrogens with zero attached hydrogens (tertiary/aromatic N) is 1. The van der Waals surface area contributed by atoms with Gasteiger partial charge in [-0.05, 0) is 49.7 Å². The smallest absolute Gasteiger partial charge is 0.147 e. The van der Waals surface area contributed by atoms with Gasteiger partial charge in [0.05, 0.1) is 5.69 Å². The summed E-state index contributed by atoms with van der Waals surface area (Å²) in [6.45, 7) is 8.45. The van der Waals surface area contributed by atoms with Crippen LogP contribution in [0.5, 0.6) is 0 Å². The number of anilines is 2. The second-order valence-electron chi connectivity index (χ2n) is 5.10. The second-order valence-corrected chi connectivity index (χ2v) is 5.10. The Morgan fingerprint density at radius 1 is 1.05 bits per heavy atom. The van der Waals surface area contributed by atoms with Crippen molar-refractivity contribution in [3.63, 3.8) is 0 Å². The van der Waals surface area contributed by atoms with Crippen LogP contribution in [-0.2, 0) is 6.54 Å². The van der Waals surface area contributed by atoms with Crippen molar-refractivity contribution in [2.45, 2.75) is 27.3 Å². The Labute approximate surface area is 126 Å². The molecule has 2 aromatic rings. The van der Waals surface area contributed by atoms with Crippen LogP contribution in [-0.4, -0.2) is 13.1 Å². The minimum atomic E-state index is -0.171. The van der Waals surface area contributed by atoms with E-state index in [1.165, 1.54) is 0 Å². The first-order valence-electron chi connectivity index (χ1n) is 7.49. The normalized spacial score (nSPS) is 10.7. The van der Waals surface area contributed by atoms with E-state index in [-0.39, 0.29) is 5.82 Å². The molecule has 0 bridgehead atoms. The molecule has 2 aromatic carbocycles. The molecule has 0 spiro atoms. The first-order chi connectivity index (χ1) is 10.2. The van der Waals surface area contributed by atoms with Crippen molar-refractivity contribution in [2.75, 3.05) is 18.0 Å². The largest absolute Gasteiger partial charge is 0.339 e. The van der Waals surface area contributed by atoms with Crippen molar-refractivity contribution in [2.24, 2.45) is 0 Å². The zero-order valence-electron chi connectivity index (χ0n) is 13.0. The van der Waals surface area contributed by atoms with Crippen LogP contribution in [0.3, 0.4) is 0 Å². The molecule has 1 N–H and O–H groups in total. The van der Waals surface area contributed by atoms with Crippen LogP contribution in [0.2, 0.25) is 0 Å². The summed E-state index contributed by atoms with van der Waals surface area (Å²) in [5.74, 6) is -0.171. The van der Waals surface area contributed by atoms with Crippen LogP contribution in [0.15, 0.2) is 42.5 Å². The van der Waals surface area contributed by atoms with Gasteiger partial charge in [-0.15, -0.1) is 0 Å². The Kier molecular flexibility index (Phi) is 5.34. The van der Waals surface area contributed by atoms with Gasteiger partial charge in [-0.2, -0.15) is 0 Å². The summed E-state index contributed by atoms with van der Waals surface area (Å²) < 4.78 is 14.5. The van der Waals surface area contributed by atoms with E-state index in [1.807, 2.05) is 49.1 Å². The van der Waals surface area contributed by atoms with E-state index >= 15 is 0 Å². The lowest BCUT2D eigenvalue weighted by Gasteiger charge is -2.25. The fourth-order valence-electron chi connectivity index (χ4n) is 2.49. The Hall–Kier alpha value is -1.87. The van der Waals surface area contributed by atoms with Gasteiger partial charge in [-0.25, -0.2) is 4.39 Å². The summed E-state index contributed by atoms with van der Waals surface area (Å²) >= 11 is 0. The highest BCUT2D eigenvalue weighted by atomic mass is 19.1. The summed E-state index contributed by atoms with van der Waals surface area (Å²) in [5, 5.41) is 3.21. The third kappa shape index (κ3) is 3.61. The topological polar surface area (TPSA) is 15.3 Å². The molecule has 0 aliphatic carbocycles. The molecule has 0 heterocycles. The summed E-state index contributed by atoms with van der Waals surface area (Å²) in [6, 6.07) is 13.6. The number of benzene rings is 2. The van der Waals surface area contributed by atoms with Gasteiger partial charge in [-0.1, -0.05) is 31.2 Å². The van der Waals surface area contributed by atoms with Crippen LogP contribution in [0.25, 0.3) is 0 Å². The van der Waals surface area contributed by atoms with E-state index in [4.69, 9.17) is 0 Å². The third-order valence-electron chi connectivity index (χ3n) is 3.60. The predicted molar refractivity (Wildman–Crippen MR) is 87.6 cm³/mol. The summed E-state index contributed by atoms with van der Waals surface area (Å²) in [7, 11) is 0. The summed E-state index contributed by atoms with van der Waals surface area (Å²) in [4.78, 5) is 2.02. The number of hydrogen-bond donors (Lipinski definition) is 1. The van der Waals surface area contributed by atoms with Crippen molar-refractivity contribution >= 4 is 11.4 Å². The first kappa shape index (κ1) is 15.5. The van der Waals surface area contributed by atoms with Crippen LogP contribution >= 0.6 is 0 Å². The lowest BCUT2D eigenvalue weighted by Crippen LogP contribution is -2.19. The van der Waals surface area contributed by atoms with Gasteiger partial charge in [0.1, 0.15) is 5.82 Å². The zero-order valence-corrected chi connectivity index (χ0v) is 13.0. The number of hydrogen-bond acceptors (Lipinski definition) is 2. The van der Waals surface area contributed by atoms with Gasteiger partial charge >= 0.3 is 0 Å². The molecule has 0 aliphatic heterocycles. The van der Waals surface area contributed by atoms with E-state index in [0.717, 1.165) is 29.9 Å². The maximum atomic E-state index is 14.5. The number of halogens is 1. The molecular formula is C18H23FN2. The molecule has 2 nitrogen and oxygen atoms in total. The fourth-order valence-corrected chi connectivity index (χ4v) is 2.49. The number of nitrogens with one attached hydrogen (secondary N) is 1. The zero-order chi connectivity index (χ0) is 15.2. The van der Waals surface area contributed by atoms with Gasteiger partial charge in [0, 0.05) is 18.8 Å². The second kappa shape index (κ2) is 7.23. The molecule has 21 heavy (non-hydrogen) atoms. The highest BCUT2D eigenvalue weighted by molar-refractivity contribution is 5.66. The van der Waals surface area contributed by atoms with Crippen LogP contribution in [0.1, 0.15) is 25.0 Å². The predicted octanol–water partition coefficient (Wildman–Crippen LogP) is 4.40. The van der Waals surface area contributed by atoms with Crippen molar-refractivity contribution in [3.05, 3.63) is 59.4 Å². The molecule has 0 atom stereocenters. The molecule has 0 radical (unpaired) electrons. The average Bonchev–Trinajstić information content (AvgIpc) is 2.49. The molecule has 2 rings (SSSR count). The molecule has 0 aromatic heterocycles. The summed E-state index contributed by atoms with van der Waals surface area (Å²) in [6.07, 6.45) is 0. The molecule has 0 fully saturated rings. The van der Waals surface area contributed by atoms with Gasteiger partial charge in [-0.3, -0.25) is 0 Å². The maximum Gasteiger partial charge on any atom is 0.147 e. The standard InChI is InChI=1S/C18H23FN2/c1-4-20-13-15-10-11-18(16(19)12-15)21(5-2)17-9-7-6-8-14(17)3/h6-12,20H,4-5,13H2,1-3H3. The van der Waals surface area contributed by atoms with E-state index in [0.29, 0.717) is 12.2 Å². The maximum absolute atomic E-state index is 14.5. The lowest BCUT2D eigenvalue weighted by molar-refractivity contribution is 0.620. The van der Waals surface area contributed by atoms with Crippen molar-refractivity contribution in [1.29, 1.82) is 0 Å². The highest BCUT2D eigenvalue weighted by Crippen LogP contribution is 2.30. The van der Waals surface area contributed by atoms with Crippen LogP contribution < -0.4 is 10.2 Å². The minimum absolute atomic E-state index is 0.171. The van der Waals surface area contributed by atoms with Gasteiger partial charge in [0.25, 0.3) is 0 Å². The van der Waals surface area contributed by atoms with Gasteiger partial charge in [0.15, 0.2) is 0 Å². The average molecular weight is 286 g/mol.